The van der Waals surface area contributed by atoms with E-state index in [9.17, 15) is 5.11 Å². The van der Waals surface area contributed by atoms with E-state index in [1.165, 1.54) is 19.3 Å². The molecule has 0 amide bonds. The second kappa shape index (κ2) is 5.58. The van der Waals surface area contributed by atoms with Gasteiger partial charge >= 0.3 is 0 Å². The standard InChI is InChI=1S/C14H19Cl2NO/c1-8-3-4-13(9(2)5-8)17-10-6-11(15)14(18)12(16)7-10/h6-9,13,17-18H,3-5H2,1-2H3. The summed E-state index contributed by atoms with van der Waals surface area (Å²) in [5.74, 6) is 1.40. The number of aromatic hydroxyl groups is 1. The molecule has 2 nitrogen and oxygen atoms in total. The fourth-order valence-electron chi connectivity index (χ4n) is 2.74. The summed E-state index contributed by atoms with van der Waals surface area (Å²) in [5.41, 5.74) is 0.884. The van der Waals surface area contributed by atoms with Crippen LogP contribution in [0.25, 0.3) is 0 Å². The van der Waals surface area contributed by atoms with E-state index < -0.39 is 0 Å². The van der Waals surface area contributed by atoms with Gasteiger partial charge in [0.05, 0.1) is 10.0 Å². The molecule has 1 fully saturated rings. The second-order valence-electron chi connectivity index (χ2n) is 5.43. The van der Waals surface area contributed by atoms with E-state index >= 15 is 0 Å². The van der Waals surface area contributed by atoms with Crippen molar-refractivity contribution in [2.24, 2.45) is 11.8 Å². The zero-order valence-electron chi connectivity index (χ0n) is 10.7. The minimum absolute atomic E-state index is 0.0470. The lowest BCUT2D eigenvalue weighted by molar-refractivity contribution is 0.276. The number of phenols is 1. The van der Waals surface area contributed by atoms with Gasteiger partial charge in [0.15, 0.2) is 5.75 Å². The summed E-state index contributed by atoms with van der Waals surface area (Å²) in [6.07, 6.45) is 3.66. The molecule has 0 saturated heterocycles. The first-order chi connectivity index (χ1) is 8.47. The average Bonchev–Trinajstić information content (AvgIpc) is 2.29. The number of hydrogen-bond donors (Lipinski definition) is 2. The fourth-order valence-corrected chi connectivity index (χ4v) is 3.23. The molecule has 0 radical (unpaired) electrons. The van der Waals surface area contributed by atoms with Gasteiger partial charge in [-0.2, -0.15) is 0 Å². The van der Waals surface area contributed by atoms with E-state index in [4.69, 9.17) is 23.2 Å². The first-order valence-electron chi connectivity index (χ1n) is 6.42. The molecule has 2 N–H and O–H groups in total. The monoisotopic (exact) mass is 287 g/mol. The van der Waals surface area contributed by atoms with Gasteiger partial charge in [-0.25, -0.2) is 0 Å². The number of benzene rings is 1. The zero-order chi connectivity index (χ0) is 13.3. The highest BCUT2D eigenvalue weighted by Crippen LogP contribution is 2.36. The second-order valence-corrected chi connectivity index (χ2v) is 6.25. The number of phenolic OH excluding ortho intramolecular Hbond substituents is 1. The van der Waals surface area contributed by atoms with E-state index in [1.54, 1.807) is 12.1 Å². The molecule has 0 aromatic heterocycles. The van der Waals surface area contributed by atoms with Gasteiger partial charge in [-0.1, -0.05) is 37.0 Å². The fraction of sp³-hybridized carbons (Fsp3) is 0.571. The summed E-state index contributed by atoms with van der Waals surface area (Å²) in [5, 5.41) is 13.6. The molecule has 0 heterocycles. The topological polar surface area (TPSA) is 32.3 Å². The predicted molar refractivity (Wildman–Crippen MR) is 77.7 cm³/mol. The van der Waals surface area contributed by atoms with Crippen LogP contribution in [0.3, 0.4) is 0 Å². The molecule has 4 heteroatoms. The van der Waals surface area contributed by atoms with Gasteiger partial charge in [0, 0.05) is 11.7 Å². The molecule has 0 spiro atoms. The van der Waals surface area contributed by atoms with Gasteiger partial charge in [0.1, 0.15) is 0 Å². The van der Waals surface area contributed by atoms with E-state index in [2.05, 4.69) is 19.2 Å². The van der Waals surface area contributed by atoms with Crippen LogP contribution in [-0.2, 0) is 0 Å². The van der Waals surface area contributed by atoms with E-state index in [1.807, 2.05) is 0 Å². The number of rotatable bonds is 2. The number of hydrogen-bond acceptors (Lipinski definition) is 2. The van der Waals surface area contributed by atoms with E-state index in [-0.39, 0.29) is 5.75 Å². The Bertz CT molecular complexity index is 413. The lowest BCUT2D eigenvalue weighted by atomic mass is 9.80. The number of nitrogens with one attached hydrogen (secondary N) is 1. The minimum atomic E-state index is -0.0470. The van der Waals surface area contributed by atoms with Gasteiger partial charge in [-0.15, -0.1) is 0 Å². The third-order valence-electron chi connectivity index (χ3n) is 3.80. The van der Waals surface area contributed by atoms with Crippen LogP contribution in [0, 0.1) is 11.8 Å². The Morgan fingerprint density at radius 1 is 1.17 bits per heavy atom. The third kappa shape index (κ3) is 3.04. The van der Waals surface area contributed by atoms with Crippen molar-refractivity contribution in [1.82, 2.24) is 0 Å². The lowest BCUT2D eigenvalue weighted by Crippen LogP contribution is -2.32. The van der Waals surface area contributed by atoms with Crippen LogP contribution in [0.15, 0.2) is 12.1 Å². The van der Waals surface area contributed by atoms with E-state index in [0.29, 0.717) is 22.0 Å². The van der Waals surface area contributed by atoms with Crippen LogP contribution < -0.4 is 5.32 Å². The minimum Gasteiger partial charge on any atom is -0.505 e. The Hall–Kier alpha value is -0.600. The molecule has 0 aliphatic heterocycles. The molecule has 1 aliphatic carbocycles. The summed E-state index contributed by atoms with van der Waals surface area (Å²) in [6.45, 7) is 4.58. The van der Waals surface area contributed by atoms with Crippen molar-refractivity contribution >= 4 is 28.9 Å². The molecule has 0 bridgehead atoms. The van der Waals surface area contributed by atoms with Crippen molar-refractivity contribution in [3.63, 3.8) is 0 Å². The normalized spacial score (nSPS) is 28.1. The van der Waals surface area contributed by atoms with Gasteiger partial charge in [0.25, 0.3) is 0 Å². The maximum absolute atomic E-state index is 9.53. The Labute approximate surface area is 118 Å². The van der Waals surface area contributed by atoms with Crippen LogP contribution in [0.5, 0.6) is 5.75 Å². The van der Waals surface area contributed by atoms with E-state index in [0.717, 1.165) is 11.6 Å². The van der Waals surface area contributed by atoms with Crippen molar-refractivity contribution in [3.8, 4) is 5.75 Å². The third-order valence-corrected chi connectivity index (χ3v) is 4.38. The van der Waals surface area contributed by atoms with Gasteiger partial charge in [-0.05, 0) is 43.2 Å². The molecule has 1 aliphatic rings. The van der Waals surface area contributed by atoms with Gasteiger partial charge in [-0.3, -0.25) is 0 Å². The molecule has 100 valence electrons. The highest BCUT2D eigenvalue weighted by molar-refractivity contribution is 6.37. The van der Waals surface area contributed by atoms with Crippen LogP contribution in [-0.4, -0.2) is 11.1 Å². The molecular formula is C14H19Cl2NO. The smallest absolute Gasteiger partial charge is 0.152 e. The number of anilines is 1. The van der Waals surface area contributed by atoms with Gasteiger partial charge in [0.2, 0.25) is 0 Å². The van der Waals surface area contributed by atoms with Crippen molar-refractivity contribution in [2.75, 3.05) is 5.32 Å². The lowest BCUT2D eigenvalue weighted by Gasteiger charge is -2.34. The molecule has 1 aromatic carbocycles. The molecule has 2 rings (SSSR count). The van der Waals surface area contributed by atoms with Crippen molar-refractivity contribution in [1.29, 1.82) is 0 Å². The first kappa shape index (κ1) is 13.8. The highest BCUT2D eigenvalue weighted by atomic mass is 35.5. The Kier molecular flexibility index (Phi) is 4.29. The van der Waals surface area contributed by atoms with Gasteiger partial charge < -0.3 is 10.4 Å². The number of halogens is 2. The van der Waals surface area contributed by atoms with Crippen LogP contribution in [0.2, 0.25) is 10.0 Å². The largest absolute Gasteiger partial charge is 0.505 e. The maximum atomic E-state index is 9.53. The Morgan fingerprint density at radius 2 is 1.78 bits per heavy atom. The Morgan fingerprint density at radius 3 is 2.33 bits per heavy atom. The first-order valence-corrected chi connectivity index (χ1v) is 7.17. The summed E-state index contributed by atoms with van der Waals surface area (Å²) in [7, 11) is 0. The summed E-state index contributed by atoms with van der Waals surface area (Å²) in [6, 6.07) is 3.92. The molecule has 3 atom stereocenters. The molecule has 1 aromatic rings. The quantitative estimate of drug-likeness (QED) is 0.756. The molecule has 18 heavy (non-hydrogen) atoms. The summed E-state index contributed by atoms with van der Waals surface area (Å²) in [4.78, 5) is 0. The van der Waals surface area contributed by atoms with Crippen molar-refractivity contribution in [3.05, 3.63) is 22.2 Å². The zero-order valence-corrected chi connectivity index (χ0v) is 12.2. The average molecular weight is 288 g/mol. The van der Waals surface area contributed by atoms with Crippen molar-refractivity contribution in [2.45, 2.75) is 39.2 Å². The SMILES string of the molecule is CC1CCC(Nc2cc(Cl)c(O)c(Cl)c2)C(C)C1. The summed E-state index contributed by atoms with van der Waals surface area (Å²) >= 11 is 11.8. The Balaban J connectivity index is 2.10. The molecular weight excluding hydrogens is 269 g/mol. The molecule has 1 saturated carbocycles. The van der Waals surface area contributed by atoms with Crippen LogP contribution in [0.1, 0.15) is 33.1 Å². The maximum Gasteiger partial charge on any atom is 0.152 e. The van der Waals surface area contributed by atoms with Crippen molar-refractivity contribution < 1.29 is 5.11 Å². The predicted octanol–water partition coefficient (Wildman–Crippen LogP) is 4.94. The van der Waals surface area contributed by atoms with Crippen LogP contribution in [0.4, 0.5) is 5.69 Å². The highest BCUT2D eigenvalue weighted by Gasteiger charge is 2.25. The van der Waals surface area contributed by atoms with Crippen LogP contribution >= 0.6 is 23.2 Å². The molecule has 3 unspecified atom stereocenters. The summed E-state index contributed by atoms with van der Waals surface area (Å²) < 4.78 is 0.